The van der Waals surface area contributed by atoms with Crippen LogP contribution in [-0.2, 0) is 14.1 Å². The van der Waals surface area contributed by atoms with E-state index < -0.39 is 0 Å². The van der Waals surface area contributed by atoms with E-state index in [1.807, 2.05) is 72.0 Å². The van der Waals surface area contributed by atoms with Crippen molar-refractivity contribution in [2.45, 2.75) is 0 Å². The number of aromatic nitrogens is 2. The Hall–Kier alpha value is -2.34. The molecule has 0 amide bonds. The summed E-state index contributed by atoms with van der Waals surface area (Å²) in [6, 6.07) is 11.4. The molecule has 0 aliphatic carbocycles. The lowest BCUT2D eigenvalue weighted by molar-refractivity contribution is -0.658. The van der Waals surface area contributed by atoms with Crippen LogP contribution in [0.15, 0.2) is 69.2 Å². The van der Waals surface area contributed by atoms with Gasteiger partial charge in [0.15, 0.2) is 11.8 Å². The molecule has 7 heteroatoms. The highest BCUT2D eigenvalue weighted by Crippen LogP contribution is 2.01. The molecule has 0 saturated carbocycles. The van der Waals surface area contributed by atoms with Gasteiger partial charge in [-0.25, -0.2) is 4.57 Å². The molecule has 0 bridgehead atoms. The topological polar surface area (TPSA) is 58.2 Å². The van der Waals surface area contributed by atoms with Crippen LogP contribution in [-0.4, -0.2) is 10.9 Å². The highest BCUT2D eigenvalue weighted by molar-refractivity contribution is 5.54. The third-order valence-electron chi connectivity index (χ3n) is 2.48. The summed E-state index contributed by atoms with van der Waals surface area (Å²) in [7, 11) is 3.81. The fourth-order valence-electron chi connectivity index (χ4n) is 1.43. The second-order valence-electron chi connectivity index (χ2n) is 3.89. The molecule has 0 aliphatic heterocycles. The quantitative estimate of drug-likeness (QED) is 0.217. The average molecular weight is 291 g/mol. The monoisotopic (exact) mass is 290 g/mol. The Morgan fingerprint density at radius 2 is 1.95 bits per heavy atom. The van der Waals surface area contributed by atoms with Gasteiger partial charge in [0.2, 0.25) is 0 Å². The molecule has 0 saturated heterocycles. The molecule has 0 aliphatic rings. The fourth-order valence-corrected chi connectivity index (χ4v) is 1.43. The molecule has 104 valence electrons. The molecule has 20 heavy (non-hydrogen) atoms. The normalized spacial score (nSPS) is 12.0. The molecule has 0 N–H and O–H groups in total. The Labute approximate surface area is 123 Å². The lowest BCUT2D eigenvalue weighted by Gasteiger charge is -1.94. The largest absolute Gasteiger partial charge is 1.00 e. The molecule has 2 rings (SSSR count). The summed E-state index contributed by atoms with van der Waals surface area (Å²) < 4.78 is 3.73. The average Bonchev–Trinajstić information content (AvgIpc) is 2.42. The Morgan fingerprint density at radius 1 is 1.15 bits per heavy atom. The van der Waals surface area contributed by atoms with Crippen LogP contribution in [0.3, 0.4) is 0 Å². The van der Waals surface area contributed by atoms with E-state index in [1.54, 1.807) is 0 Å². The molecule has 0 fully saturated rings. The minimum Gasteiger partial charge on any atom is -1.00 e. The van der Waals surface area contributed by atoms with E-state index in [0.717, 1.165) is 11.3 Å². The predicted octanol–water partition coefficient (Wildman–Crippen LogP) is -1.52. The summed E-state index contributed by atoms with van der Waals surface area (Å²) in [5, 5.41) is 15.8. The first-order valence-electron chi connectivity index (χ1n) is 5.80. The second kappa shape index (κ2) is 7.96. The Bertz CT molecular complexity index is 674. The SMILES string of the molecule is Cn1cccc/c1=N/N=C/N=N/c1cccc[n+]1C.[Cl-]. The van der Waals surface area contributed by atoms with Crippen molar-refractivity contribution < 1.29 is 17.0 Å². The van der Waals surface area contributed by atoms with E-state index in [9.17, 15) is 0 Å². The number of nitrogens with zero attached hydrogens (tertiary/aromatic N) is 6. The molecule has 2 aromatic heterocycles. The zero-order valence-corrected chi connectivity index (χ0v) is 12.0. The van der Waals surface area contributed by atoms with Crippen LogP contribution >= 0.6 is 0 Å². The highest BCUT2D eigenvalue weighted by atomic mass is 35.5. The molecular weight excluding hydrogens is 276 g/mol. The van der Waals surface area contributed by atoms with E-state index in [1.165, 1.54) is 6.34 Å². The van der Waals surface area contributed by atoms with Crippen molar-refractivity contribution in [3.8, 4) is 0 Å². The van der Waals surface area contributed by atoms with Gasteiger partial charge in [-0.1, -0.05) is 12.1 Å². The van der Waals surface area contributed by atoms with Crippen LogP contribution in [0.4, 0.5) is 5.82 Å². The number of halogens is 1. The van der Waals surface area contributed by atoms with Crippen molar-refractivity contribution in [2.75, 3.05) is 0 Å². The van der Waals surface area contributed by atoms with Crippen LogP contribution in [0.25, 0.3) is 0 Å². The second-order valence-corrected chi connectivity index (χ2v) is 3.89. The Balaban J connectivity index is 0.00000200. The van der Waals surface area contributed by atoms with Gasteiger partial charge in [-0.3, -0.25) is 0 Å². The van der Waals surface area contributed by atoms with E-state index in [2.05, 4.69) is 20.4 Å². The molecule has 0 unspecified atom stereocenters. The summed E-state index contributed by atoms with van der Waals surface area (Å²) in [4.78, 5) is 0. The predicted molar refractivity (Wildman–Crippen MR) is 71.6 cm³/mol. The Kier molecular flexibility index (Phi) is 6.25. The van der Waals surface area contributed by atoms with Crippen molar-refractivity contribution in [3.63, 3.8) is 0 Å². The minimum atomic E-state index is 0. The lowest BCUT2D eigenvalue weighted by atomic mass is 10.4. The molecule has 6 nitrogen and oxygen atoms in total. The molecular formula is C13H15ClN6. The van der Waals surface area contributed by atoms with Crippen LogP contribution in [0.5, 0.6) is 0 Å². The molecule has 0 aromatic carbocycles. The zero-order chi connectivity index (χ0) is 13.5. The molecule has 0 spiro atoms. The van der Waals surface area contributed by atoms with Crippen LogP contribution in [0.1, 0.15) is 0 Å². The smallest absolute Gasteiger partial charge is 0.350 e. The first-order chi connectivity index (χ1) is 9.27. The fraction of sp³-hybridized carbons (Fsp3) is 0.154. The number of aryl methyl sites for hydroxylation is 2. The lowest BCUT2D eigenvalue weighted by Crippen LogP contribution is -3.00. The van der Waals surface area contributed by atoms with Gasteiger partial charge in [-0.15, -0.1) is 10.2 Å². The minimum absolute atomic E-state index is 0. The van der Waals surface area contributed by atoms with E-state index >= 15 is 0 Å². The summed E-state index contributed by atoms with van der Waals surface area (Å²) in [6.45, 7) is 0. The zero-order valence-electron chi connectivity index (χ0n) is 11.3. The van der Waals surface area contributed by atoms with Crippen molar-refractivity contribution in [3.05, 3.63) is 54.3 Å². The molecule has 0 atom stereocenters. The third kappa shape index (κ3) is 4.40. The molecule has 0 radical (unpaired) electrons. The third-order valence-corrected chi connectivity index (χ3v) is 2.48. The molecule has 2 heterocycles. The van der Waals surface area contributed by atoms with Gasteiger partial charge < -0.3 is 17.0 Å². The summed E-state index contributed by atoms with van der Waals surface area (Å²) in [6.07, 6.45) is 5.12. The van der Waals surface area contributed by atoms with Crippen LogP contribution < -0.4 is 22.5 Å². The van der Waals surface area contributed by atoms with Gasteiger partial charge in [0.05, 0.1) is 18.4 Å². The number of azo groups is 1. The number of pyridine rings is 2. The number of hydrogen-bond donors (Lipinski definition) is 0. The van der Waals surface area contributed by atoms with Gasteiger partial charge in [0, 0.05) is 19.3 Å². The van der Waals surface area contributed by atoms with E-state index in [-0.39, 0.29) is 12.4 Å². The van der Waals surface area contributed by atoms with Crippen molar-refractivity contribution in [1.29, 1.82) is 0 Å². The van der Waals surface area contributed by atoms with Crippen molar-refractivity contribution in [1.82, 2.24) is 4.57 Å². The number of rotatable bonds is 3. The first-order valence-corrected chi connectivity index (χ1v) is 5.80. The molecule has 2 aromatic rings. The maximum absolute atomic E-state index is 4.03. The van der Waals surface area contributed by atoms with Crippen molar-refractivity contribution in [2.24, 2.45) is 34.5 Å². The van der Waals surface area contributed by atoms with Gasteiger partial charge >= 0.3 is 5.82 Å². The first kappa shape index (κ1) is 15.7. The standard InChI is InChI=1S/C13H15N6.ClH/c1-18-9-5-3-7-12(18)16-14-11-15-17-13-8-4-6-10-19(13)2;/h3-11H,1-2H3;1H/q+1;/p-1. The summed E-state index contributed by atoms with van der Waals surface area (Å²) >= 11 is 0. The summed E-state index contributed by atoms with van der Waals surface area (Å²) in [5.41, 5.74) is 0.749. The highest BCUT2D eigenvalue weighted by Gasteiger charge is 2.01. The van der Waals surface area contributed by atoms with Gasteiger partial charge in [-0.2, -0.15) is 0 Å². The maximum Gasteiger partial charge on any atom is 0.350 e. The maximum atomic E-state index is 4.03. The summed E-state index contributed by atoms with van der Waals surface area (Å²) in [5.74, 6) is 0.749. The van der Waals surface area contributed by atoms with Gasteiger partial charge in [0.25, 0.3) is 0 Å². The van der Waals surface area contributed by atoms with Gasteiger partial charge in [-0.05, 0) is 23.3 Å². The Morgan fingerprint density at radius 3 is 2.70 bits per heavy atom. The van der Waals surface area contributed by atoms with E-state index in [4.69, 9.17) is 0 Å². The van der Waals surface area contributed by atoms with Crippen LogP contribution in [0, 0.1) is 0 Å². The van der Waals surface area contributed by atoms with Gasteiger partial charge in [0.1, 0.15) is 0 Å². The van der Waals surface area contributed by atoms with Crippen molar-refractivity contribution >= 4 is 12.2 Å². The van der Waals surface area contributed by atoms with E-state index in [0.29, 0.717) is 0 Å². The number of hydrogen-bond acceptors (Lipinski definition) is 3. The van der Waals surface area contributed by atoms with Crippen LogP contribution in [0.2, 0.25) is 0 Å².